The second-order valence-corrected chi connectivity index (χ2v) is 6.03. The van der Waals surface area contributed by atoms with Gasteiger partial charge >= 0.3 is 6.03 Å². The molecule has 2 rings (SSSR count). The molecule has 0 radical (unpaired) electrons. The van der Waals surface area contributed by atoms with Crippen LogP contribution in [0.5, 0.6) is 5.75 Å². The standard InChI is InChI=1S/C19H29N3O5/c1-4-25-16-9-7-15(8-10-16)22-13-14(11-17(22)23)21-19(24)20-12-18(26-5-2)27-6-3/h7-10,14,18H,4-6,11-13H2,1-3H3,(H2,20,21,24)/t14-/m1/s1. The number of hydrogen-bond acceptors (Lipinski definition) is 5. The maximum Gasteiger partial charge on any atom is 0.315 e. The summed E-state index contributed by atoms with van der Waals surface area (Å²) < 4.78 is 16.2. The van der Waals surface area contributed by atoms with Crippen LogP contribution in [0.2, 0.25) is 0 Å². The molecule has 2 N–H and O–H groups in total. The predicted octanol–water partition coefficient (Wildman–Crippen LogP) is 1.89. The number of nitrogens with zero attached hydrogens (tertiary/aromatic N) is 1. The van der Waals surface area contributed by atoms with Gasteiger partial charge < -0.3 is 29.7 Å². The Morgan fingerprint density at radius 3 is 2.41 bits per heavy atom. The van der Waals surface area contributed by atoms with Crippen molar-refractivity contribution in [2.45, 2.75) is 39.5 Å². The zero-order valence-corrected chi connectivity index (χ0v) is 16.2. The highest BCUT2D eigenvalue weighted by molar-refractivity contribution is 5.96. The first-order valence-electron chi connectivity index (χ1n) is 9.38. The van der Waals surface area contributed by atoms with Crippen molar-refractivity contribution >= 4 is 17.6 Å². The number of amides is 3. The molecule has 3 amide bonds. The molecule has 8 heteroatoms. The topological polar surface area (TPSA) is 89.1 Å². The molecule has 1 heterocycles. The maximum atomic E-state index is 12.3. The van der Waals surface area contributed by atoms with Gasteiger partial charge in [-0.05, 0) is 45.0 Å². The van der Waals surface area contributed by atoms with Crippen LogP contribution in [0.3, 0.4) is 0 Å². The minimum atomic E-state index is -0.476. The molecule has 1 aromatic rings. The summed E-state index contributed by atoms with van der Waals surface area (Å²) in [6.45, 7) is 7.93. The zero-order chi connectivity index (χ0) is 19.6. The first kappa shape index (κ1) is 21.0. The highest BCUT2D eigenvalue weighted by Gasteiger charge is 2.31. The fraction of sp³-hybridized carbons (Fsp3) is 0.579. The molecule has 1 saturated heterocycles. The number of ether oxygens (including phenoxy) is 3. The van der Waals surface area contributed by atoms with Gasteiger partial charge in [-0.1, -0.05) is 0 Å². The highest BCUT2D eigenvalue weighted by atomic mass is 16.7. The first-order chi connectivity index (χ1) is 13.1. The third-order valence-electron chi connectivity index (χ3n) is 4.05. The SMILES string of the molecule is CCOc1ccc(N2C[C@H](NC(=O)NCC(OCC)OCC)CC2=O)cc1. The summed E-state index contributed by atoms with van der Waals surface area (Å²) in [7, 11) is 0. The molecule has 0 spiro atoms. The molecule has 150 valence electrons. The Morgan fingerprint density at radius 1 is 1.15 bits per heavy atom. The summed E-state index contributed by atoms with van der Waals surface area (Å²) >= 11 is 0. The van der Waals surface area contributed by atoms with Gasteiger partial charge in [-0.15, -0.1) is 0 Å². The highest BCUT2D eigenvalue weighted by Crippen LogP contribution is 2.24. The minimum absolute atomic E-state index is 0.0223. The van der Waals surface area contributed by atoms with Gasteiger partial charge in [0.25, 0.3) is 0 Å². The van der Waals surface area contributed by atoms with Crippen molar-refractivity contribution in [2.75, 3.05) is 37.8 Å². The van der Waals surface area contributed by atoms with E-state index in [1.54, 1.807) is 4.90 Å². The average Bonchev–Trinajstić information content (AvgIpc) is 3.01. The number of hydrogen-bond donors (Lipinski definition) is 2. The molecular formula is C19H29N3O5. The second kappa shape index (κ2) is 10.7. The van der Waals surface area contributed by atoms with Crippen LogP contribution in [0, 0.1) is 0 Å². The normalized spacial score (nSPS) is 16.7. The van der Waals surface area contributed by atoms with E-state index in [0.29, 0.717) is 26.4 Å². The van der Waals surface area contributed by atoms with Gasteiger partial charge in [0.2, 0.25) is 5.91 Å². The third-order valence-corrected chi connectivity index (χ3v) is 4.05. The van der Waals surface area contributed by atoms with E-state index in [-0.39, 0.29) is 30.9 Å². The molecule has 0 aliphatic carbocycles. The molecule has 1 aromatic carbocycles. The van der Waals surface area contributed by atoms with Crippen molar-refractivity contribution in [1.82, 2.24) is 10.6 Å². The van der Waals surface area contributed by atoms with Gasteiger partial charge in [0.05, 0.1) is 19.2 Å². The van der Waals surface area contributed by atoms with Crippen LogP contribution in [0.15, 0.2) is 24.3 Å². The van der Waals surface area contributed by atoms with Crippen molar-refractivity contribution < 1.29 is 23.8 Å². The molecule has 0 saturated carbocycles. The zero-order valence-electron chi connectivity index (χ0n) is 16.2. The quantitative estimate of drug-likeness (QED) is 0.606. The number of rotatable bonds is 10. The van der Waals surface area contributed by atoms with E-state index in [9.17, 15) is 9.59 Å². The Bertz CT molecular complexity index is 602. The summed E-state index contributed by atoms with van der Waals surface area (Å²) in [6, 6.07) is 6.77. The van der Waals surface area contributed by atoms with Crippen molar-refractivity contribution in [1.29, 1.82) is 0 Å². The molecule has 8 nitrogen and oxygen atoms in total. The summed E-state index contributed by atoms with van der Waals surface area (Å²) in [4.78, 5) is 26.1. The molecule has 0 unspecified atom stereocenters. The van der Waals surface area contributed by atoms with Crippen LogP contribution < -0.4 is 20.3 Å². The Balaban J connectivity index is 1.83. The van der Waals surface area contributed by atoms with Crippen molar-refractivity contribution in [3.63, 3.8) is 0 Å². The lowest BCUT2D eigenvalue weighted by Crippen LogP contribution is -2.46. The van der Waals surface area contributed by atoms with Crippen LogP contribution >= 0.6 is 0 Å². The van der Waals surface area contributed by atoms with E-state index in [0.717, 1.165) is 11.4 Å². The lowest BCUT2D eigenvalue weighted by Gasteiger charge is -2.19. The van der Waals surface area contributed by atoms with Gasteiger partial charge in [-0.2, -0.15) is 0 Å². The average molecular weight is 379 g/mol. The molecular weight excluding hydrogens is 350 g/mol. The van der Waals surface area contributed by atoms with Gasteiger partial charge in [-0.25, -0.2) is 4.79 Å². The molecule has 1 aliphatic rings. The van der Waals surface area contributed by atoms with E-state index >= 15 is 0 Å². The molecule has 1 atom stereocenters. The van der Waals surface area contributed by atoms with Gasteiger partial charge in [0, 0.05) is 31.9 Å². The van der Waals surface area contributed by atoms with E-state index in [1.165, 1.54) is 0 Å². The van der Waals surface area contributed by atoms with Gasteiger partial charge in [0.15, 0.2) is 6.29 Å². The monoisotopic (exact) mass is 379 g/mol. The number of carbonyl (C=O) groups excluding carboxylic acids is 2. The summed E-state index contributed by atoms with van der Waals surface area (Å²) in [6.07, 6.45) is -0.211. The van der Waals surface area contributed by atoms with E-state index < -0.39 is 6.29 Å². The van der Waals surface area contributed by atoms with Crippen LogP contribution in [0.4, 0.5) is 10.5 Å². The first-order valence-corrected chi connectivity index (χ1v) is 9.38. The van der Waals surface area contributed by atoms with E-state index in [1.807, 2.05) is 45.0 Å². The number of nitrogens with one attached hydrogen (secondary N) is 2. The number of benzene rings is 1. The van der Waals surface area contributed by atoms with Crippen LogP contribution in [-0.2, 0) is 14.3 Å². The van der Waals surface area contributed by atoms with Crippen molar-refractivity contribution in [3.8, 4) is 5.75 Å². The summed E-state index contributed by atoms with van der Waals surface area (Å²) in [5, 5.41) is 5.56. The lowest BCUT2D eigenvalue weighted by molar-refractivity contribution is -0.131. The number of urea groups is 1. The van der Waals surface area contributed by atoms with Gasteiger partial charge in [-0.3, -0.25) is 4.79 Å². The third kappa shape index (κ3) is 6.41. The second-order valence-electron chi connectivity index (χ2n) is 6.03. The molecule has 1 fully saturated rings. The molecule has 27 heavy (non-hydrogen) atoms. The van der Waals surface area contributed by atoms with E-state index in [2.05, 4.69) is 10.6 Å². The number of anilines is 1. The summed E-state index contributed by atoms with van der Waals surface area (Å²) in [5.41, 5.74) is 0.793. The molecule has 0 aromatic heterocycles. The summed E-state index contributed by atoms with van der Waals surface area (Å²) in [5.74, 6) is 0.742. The molecule has 0 bridgehead atoms. The molecule has 1 aliphatic heterocycles. The Morgan fingerprint density at radius 2 is 1.81 bits per heavy atom. The smallest absolute Gasteiger partial charge is 0.315 e. The van der Waals surface area contributed by atoms with Crippen molar-refractivity contribution in [3.05, 3.63) is 24.3 Å². The van der Waals surface area contributed by atoms with Crippen molar-refractivity contribution in [2.24, 2.45) is 0 Å². The Hall–Kier alpha value is -2.32. The van der Waals surface area contributed by atoms with Gasteiger partial charge in [0.1, 0.15) is 5.75 Å². The maximum absolute atomic E-state index is 12.3. The number of carbonyl (C=O) groups is 2. The predicted molar refractivity (Wildman–Crippen MR) is 102 cm³/mol. The minimum Gasteiger partial charge on any atom is -0.494 e. The lowest BCUT2D eigenvalue weighted by atomic mass is 10.2. The Labute approximate surface area is 160 Å². The van der Waals surface area contributed by atoms with Crippen LogP contribution in [-0.4, -0.2) is 57.2 Å². The Kier molecular flexibility index (Phi) is 8.35. The van der Waals surface area contributed by atoms with E-state index in [4.69, 9.17) is 14.2 Å². The fourth-order valence-corrected chi connectivity index (χ4v) is 2.89. The van der Waals surface area contributed by atoms with Crippen LogP contribution in [0.1, 0.15) is 27.2 Å². The fourth-order valence-electron chi connectivity index (χ4n) is 2.89. The van der Waals surface area contributed by atoms with Crippen LogP contribution in [0.25, 0.3) is 0 Å². The largest absolute Gasteiger partial charge is 0.494 e.